The molecule has 0 aromatic heterocycles. The van der Waals surface area contributed by atoms with E-state index in [1.54, 1.807) is 0 Å². The molecule has 0 aliphatic heterocycles. The van der Waals surface area contributed by atoms with Gasteiger partial charge in [-0.15, -0.1) is 0 Å². The largest absolute Gasteiger partial charge is 0.465 e. The number of anilines is 1. The van der Waals surface area contributed by atoms with E-state index in [4.69, 9.17) is 4.74 Å². The summed E-state index contributed by atoms with van der Waals surface area (Å²) in [5, 5.41) is 16.4. The van der Waals surface area contributed by atoms with Crippen LogP contribution < -0.4 is 15.5 Å². The van der Waals surface area contributed by atoms with Crippen molar-refractivity contribution in [3.63, 3.8) is 0 Å². The number of hydrogen-bond acceptors (Lipinski definition) is 4. The molecule has 2 aromatic rings. The molecule has 0 spiro atoms. The Morgan fingerprint density at radius 1 is 1.06 bits per heavy atom. The molecule has 0 bridgehead atoms. The van der Waals surface area contributed by atoms with Crippen LogP contribution in [-0.4, -0.2) is 48.6 Å². The first kappa shape index (κ1) is 25.6. The quantitative estimate of drug-likeness (QED) is 0.505. The highest BCUT2D eigenvalue weighted by Crippen LogP contribution is 2.36. The number of hydrogen-bond donors (Lipinski definition) is 3. The number of nitrogens with zero attached hydrogens (tertiary/aromatic N) is 1. The average Bonchev–Trinajstić information content (AvgIpc) is 2.78. The second-order valence-electron chi connectivity index (χ2n) is 9.88. The smallest absolute Gasteiger partial charge is 0.412 e. The highest BCUT2D eigenvalue weighted by molar-refractivity contribution is 5.93. The lowest BCUT2D eigenvalue weighted by atomic mass is 9.89. The summed E-state index contributed by atoms with van der Waals surface area (Å²) in [6.07, 6.45) is 2.19. The molecule has 1 fully saturated rings. The van der Waals surface area contributed by atoms with Gasteiger partial charge in [-0.05, 0) is 83.7 Å². The van der Waals surface area contributed by atoms with Crippen molar-refractivity contribution in [1.82, 2.24) is 10.6 Å². The van der Waals surface area contributed by atoms with E-state index in [0.717, 1.165) is 35.3 Å². The minimum atomic E-state index is -0.952. The Hall–Kier alpha value is -3.06. The number of ether oxygens (including phenoxy) is 1. The lowest BCUT2D eigenvalue weighted by molar-refractivity contribution is 0.0490. The first-order valence-corrected chi connectivity index (χ1v) is 12.0. The fraction of sp³-hybridized carbons (Fsp3) is 0.481. The monoisotopic (exact) mass is 467 g/mol. The lowest BCUT2D eigenvalue weighted by Gasteiger charge is -2.36. The fourth-order valence-electron chi connectivity index (χ4n) is 4.47. The lowest BCUT2D eigenvalue weighted by Crippen LogP contribution is -2.47. The molecule has 34 heavy (non-hydrogen) atoms. The van der Waals surface area contributed by atoms with Crippen molar-refractivity contribution in [1.29, 1.82) is 0 Å². The van der Waals surface area contributed by atoms with Crippen LogP contribution in [0.1, 0.15) is 52.0 Å². The number of carbonyl (C=O) groups is 2. The van der Waals surface area contributed by atoms with Crippen LogP contribution in [0.25, 0.3) is 11.1 Å². The van der Waals surface area contributed by atoms with Gasteiger partial charge in [-0.1, -0.05) is 42.5 Å². The number of carbonyl (C=O) groups excluding carboxylic acids is 1. The van der Waals surface area contributed by atoms with E-state index in [9.17, 15) is 14.7 Å². The summed E-state index contributed by atoms with van der Waals surface area (Å²) >= 11 is 0. The van der Waals surface area contributed by atoms with Gasteiger partial charge in [-0.3, -0.25) is 4.90 Å². The molecule has 0 saturated heterocycles. The minimum Gasteiger partial charge on any atom is -0.465 e. The topological polar surface area (TPSA) is 90.9 Å². The number of likely N-dealkylation sites (N-methyl/N-ethyl adjacent to an activating group) is 1. The highest BCUT2D eigenvalue weighted by Gasteiger charge is 2.32. The number of alkyl carbamates (subject to hydrolysis) is 1. The molecular weight excluding hydrogens is 430 g/mol. The van der Waals surface area contributed by atoms with Gasteiger partial charge < -0.3 is 20.5 Å². The van der Waals surface area contributed by atoms with E-state index in [2.05, 4.69) is 16.7 Å². The maximum atomic E-state index is 12.5. The van der Waals surface area contributed by atoms with Crippen LogP contribution >= 0.6 is 0 Å². The third-order valence-electron chi connectivity index (χ3n) is 6.06. The maximum absolute atomic E-state index is 12.5. The molecule has 7 heteroatoms. The molecule has 7 nitrogen and oxygen atoms in total. The van der Waals surface area contributed by atoms with Crippen LogP contribution in [0.3, 0.4) is 0 Å². The Morgan fingerprint density at radius 2 is 1.74 bits per heavy atom. The van der Waals surface area contributed by atoms with Crippen molar-refractivity contribution >= 4 is 17.9 Å². The van der Waals surface area contributed by atoms with Gasteiger partial charge in [0.2, 0.25) is 0 Å². The number of amides is 2. The van der Waals surface area contributed by atoms with Crippen LogP contribution in [0, 0.1) is 0 Å². The molecule has 0 unspecified atom stereocenters. The molecule has 2 aromatic carbocycles. The van der Waals surface area contributed by atoms with Crippen molar-refractivity contribution in [2.24, 2.45) is 0 Å². The Kier molecular flexibility index (Phi) is 8.56. The SMILES string of the molecule is CNCCc1ccc(-c2ccccc2)c(N(C(=O)O)C2CCC(NC(=O)OC(C)(C)C)CC2)c1. The van der Waals surface area contributed by atoms with Gasteiger partial charge in [0.05, 0.1) is 5.69 Å². The van der Waals surface area contributed by atoms with Crippen molar-refractivity contribution in [2.75, 3.05) is 18.5 Å². The van der Waals surface area contributed by atoms with Gasteiger partial charge in [0, 0.05) is 17.6 Å². The summed E-state index contributed by atoms with van der Waals surface area (Å²) in [5.74, 6) is 0. The Labute approximate surface area is 202 Å². The summed E-state index contributed by atoms with van der Waals surface area (Å²) in [7, 11) is 1.91. The highest BCUT2D eigenvalue weighted by atomic mass is 16.6. The summed E-state index contributed by atoms with van der Waals surface area (Å²) in [6.45, 7) is 6.33. The molecule has 1 aliphatic carbocycles. The van der Waals surface area contributed by atoms with Gasteiger partial charge in [0.25, 0.3) is 0 Å². The zero-order valence-electron chi connectivity index (χ0n) is 20.6. The van der Waals surface area contributed by atoms with E-state index >= 15 is 0 Å². The van der Waals surface area contributed by atoms with Crippen LogP contribution in [0.4, 0.5) is 15.3 Å². The zero-order valence-corrected chi connectivity index (χ0v) is 20.6. The second kappa shape index (κ2) is 11.4. The molecule has 0 atom stereocenters. The zero-order chi connectivity index (χ0) is 24.7. The molecule has 184 valence electrons. The molecule has 2 amide bonds. The number of rotatable bonds is 7. The van der Waals surface area contributed by atoms with Crippen molar-refractivity contribution in [2.45, 2.75) is 70.6 Å². The van der Waals surface area contributed by atoms with Crippen molar-refractivity contribution in [3.05, 3.63) is 54.1 Å². The number of benzene rings is 2. The number of nitrogens with one attached hydrogen (secondary N) is 2. The van der Waals surface area contributed by atoms with Gasteiger partial charge in [0.15, 0.2) is 0 Å². The molecule has 1 saturated carbocycles. The Balaban J connectivity index is 1.82. The summed E-state index contributed by atoms with van der Waals surface area (Å²) in [5.41, 5.74) is 3.16. The van der Waals surface area contributed by atoms with E-state index in [1.165, 1.54) is 4.90 Å². The molecule has 3 N–H and O–H groups in total. The van der Waals surface area contributed by atoms with Gasteiger partial charge in [0.1, 0.15) is 5.60 Å². The molecule has 0 heterocycles. The first-order valence-electron chi connectivity index (χ1n) is 12.0. The maximum Gasteiger partial charge on any atom is 0.412 e. The van der Waals surface area contributed by atoms with E-state index in [1.807, 2.05) is 70.3 Å². The van der Waals surface area contributed by atoms with Gasteiger partial charge >= 0.3 is 12.2 Å². The molecule has 0 radical (unpaired) electrons. The predicted molar refractivity (Wildman–Crippen MR) is 135 cm³/mol. The summed E-state index contributed by atoms with van der Waals surface area (Å²) in [4.78, 5) is 26.2. The van der Waals surface area contributed by atoms with E-state index < -0.39 is 17.8 Å². The average molecular weight is 468 g/mol. The molecule has 1 aliphatic rings. The van der Waals surface area contributed by atoms with Crippen LogP contribution in [0.5, 0.6) is 0 Å². The van der Waals surface area contributed by atoms with Crippen molar-refractivity contribution < 1.29 is 19.4 Å². The predicted octanol–water partition coefficient (Wildman–Crippen LogP) is 5.44. The van der Waals surface area contributed by atoms with Crippen molar-refractivity contribution in [3.8, 4) is 11.1 Å². The van der Waals surface area contributed by atoms with Crippen LogP contribution in [0.2, 0.25) is 0 Å². The molecular formula is C27H37N3O4. The fourth-order valence-corrected chi connectivity index (χ4v) is 4.47. The first-order chi connectivity index (χ1) is 16.2. The standard InChI is InChI=1S/C27H37N3O4/c1-27(2,3)34-25(31)29-21-11-13-22(14-12-21)30(26(32)33)24-18-19(16-17-28-4)10-15-23(24)20-8-6-5-7-9-20/h5-10,15,18,21-22,28H,11-14,16-17H2,1-4H3,(H,29,31)(H,32,33). The Bertz CT molecular complexity index is 964. The second-order valence-corrected chi connectivity index (χ2v) is 9.88. The van der Waals surface area contributed by atoms with E-state index in [0.29, 0.717) is 25.7 Å². The normalized spacial score (nSPS) is 18.2. The molecule has 3 rings (SSSR count). The third-order valence-corrected chi connectivity index (χ3v) is 6.06. The van der Waals surface area contributed by atoms with E-state index in [-0.39, 0.29) is 12.1 Å². The van der Waals surface area contributed by atoms with Gasteiger partial charge in [-0.25, -0.2) is 9.59 Å². The third kappa shape index (κ3) is 6.97. The Morgan fingerprint density at radius 3 is 2.32 bits per heavy atom. The number of carboxylic acid groups (broad SMARTS) is 1. The van der Waals surface area contributed by atoms with Gasteiger partial charge in [-0.2, -0.15) is 0 Å². The summed E-state index contributed by atoms with van der Waals surface area (Å²) in [6, 6.07) is 15.8. The van der Waals surface area contributed by atoms with Crippen LogP contribution in [-0.2, 0) is 11.2 Å². The minimum absolute atomic E-state index is 0.0164. The summed E-state index contributed by atoms with van der Waals surface area (Å²) < 4.78 is 5.37. The van der Waals surface area contributed by atoms with Crippen LogP contribution in [0.15, 0.2) is 48.5 Å².